The van der Waals surface area contributed by atoms with E-state index in [1.165, 1.54) is 24.3 Å². The van der Waals surface area contributed by atoms with Crippen LogP contribution in [-0.2, 0) is 20.1 Å². The molecule has 1 aliphatic carbocycles. The Kier molecular flexibility index (Phi) is 6.25. The van der Waals surface area contributed by atoms with Crippen LogP contribution in [0.25, 0.3) is 0 Å². The number of fused-ring (bicyclic) bond motifs is 2. The van der Waals surface area contributed by atoms with E-state index >= 15 is 0 Å². The van der Waals surface area contributed by atoms with Gasteiger partial charge in [-0.25, -0.2) is 16.8 Å². The number of carbonyl (C=O) groups excluding carboxylic acids is 2. The molecule has 0 saturated carbocycles. The quantitative estimate of drug-likeness (QED) is 0.307. The molecule has 11 heteroatoms. The van der Waals surface area contributed by atoms with Gasteiger partial charge in [0.2, 0.25) is 0 Å². The molecule has 0 bridgehead atoms. The molecule has 3 aromatic carbocycles. The Bertz CT molecular complexity index is 1430. The molecule has 0 atom stereocenters. The molecule has 0 heterocycles. The van der Waals surface area contributed by atoms with E-state index in [2.05, 4.69) is 4.72 Å². The van der Waals surface area contributed by atoms with Crippen molar-refractivity contribution in [3.63, 3.8) is 0 Å². The van der Waals surface area contributed by atoms with Crippen LogP contribution < -0.4 is 34.3 Å². The van der Waals surface area contributed by atoms with Gasteiger partial charge in [-0.3, -0.25) is 14.3 Å². The normalized spacial score (nSPS) is 13.1. The monoisotopic (exact) mass is 465 g/mol. The van der Waals surface area contributed by atoms with Crippen molar-refractivity contribution < 1.29 is 60.5 Å². The van der Waals surface area contributed by atoms with Crippen LogP contribution >= 0.6 is 0 Å². The number of sulfonamides is 1. The molecule has 8 nitrogen and oxygen atoms in total. The molecule has 1 N–H and O–H groups in total. The van der Waals surface area contributed by atoms with Gasteiger partial charge in [0.15, 0.2) is 11.6 Å². The molecular formula is C20H12NNaO7S2. The van der Waals surface area contributed by atoms with Crippen LogP contribution in [0.5, 0.6) is 0 Å². The Morgan fingerprint density at radius 1 is 0.645 bits per heavy atom. The van der Waals surface area contributed by atoms with Crippen LogP contribution in [0.15, 0.2) is 76.5 Å². The van der Waals surface area contributed by atoms with Gasteiger partial charge in [-0.1, -0.05) is 24.3 Å². The molecule has 4 rings (SSSR count). The van der Waals surface area contributed by atoms with Gasteiger partial charge in [0.1, 0.15) is 10.1 Å². The van der Waals surface area contributed by atoms with Crippen LogP contribution in [0.4, 0.5) is 5.69 Å². The third-order valence-electron chi connectivity index (χ3n) is 4.60. The Hall–Kier alpha value is -2.34. The van der Waals surface area contributed by atoms with Crippen molar-refractivity contribution >= 4 is 37.4 Å². The van der Waals surface area contributed by atoms with Gasteiger partial charge in [0.25, 0.3) is 10.0 Å². The molecule has 3 aromatic rings. The molecule has 0 fully saturated rings. The number of rotatable bonds is 4. The summed E-state index contributed by atoms with van der Waals surface area (Å²) < 4.78 is 60.6. The molecule has 0 aliphatic heterocycles. The zero-order chi connectivity index (χ0) is 21.7. The second-order valence-electron chi connectivity index (χ2n) is 6.50. The van der Waals surface area contributed by atoms with Crippen molar-refractivity contribution in [2.45, 2.75) is 9.79 Å². The molecule has 31 heavy (non-hydrogen) atoms. The molecule has 152 valence electrons. The first kappa shape index (κ1) is 23.3. The average Bonchev–Trinajstić information content (AvgIpc) is 2.71. The predicted molar refractivity (Wildman–Crippen MR) is 105 cm³/mol. The van der Waals surface area contributed by atoms with E-state index in [1.807, 2.05) is 0 Å². The van der Waals surface area contributed by atoms with E-state index in [9.17, 15) is 31.0 Å². The van der Waals surface area contributed by atoms with Crippen molar-refractivity contribution in [2.24, 2.45) is 0 Å². The summed E-state index contributed by atoms with van der Waals surface area (Å²) in [6.45, 7) is 0. The number of anilines is 1. The topological polar surface area (TPSA) is 138 Å². The van der Waals surface area contributed by atoms with Crippen LogP contribution in [-0.4, -0.2) is 33.0 Å². The van der Waals surface area contributed by atoms with E-state index in [0.29, 0.717) is 0 Å². The fraction of sp³-hybridized carbons (Fsp3) is 0. The summed E-state index contributed by atoms with van der Waals surface area (Å²) in [7, 11) is -8.81. The summed E-state index contributed by atoms with van der Waals surface area (Å²) >= 11 is 0. The van der Waals surface area contributed by atoms with Crippen LogP contribution in [0.2, 0.25) is 0 Å². The van der Waals surface area contributed by atoms with E-state index in [1.54, 1.807) is 12.1 Å². The van der Waals surface area contributed by atoms with Crippen molar-refractivity contribution in [2.75, 3.05) is 4.72 Å². The van der Waals surface area contributed by atoms with Crippen molar-refractivity contribution in [3.05, 3.63) is 89.0 Å². The van der Waals surface area contributed by atoms with Crippen molar-refractivity contribution in [1.29, 1.82) is 0 Å². The van der Waals surface area contributed by atoms with Gasteiger partial charge in [0.05, 0.1) is 9.79 Å². The largest absolute Gasteiger partial charge is 1.00 e. The van der Waals surface area contributed by atoms with Gasteiger partial charge in [-0.2, -0.15) is 0 Å². The number of hydrogen-bond donors (Lipinski definition) is 1. The second-order valence-corrected chi connectivity index (χ2v) is 9.56. The van der Waals surface area contributed by atoms with Crippen molar-refractivity contribution in [3.8, 4) is 0 Å². The number of nitrogens with one attached hydrogen (secondary N) is 1. The molecule has 0 aromatic heterocycles. The Morgan fingerprint density at radius 2 is 1.13 bits per heavy atom. The Morgan fingerprint density at radius 3 is 1.68 bits per heavy atom. The van der Waals surface area contributed by atoms with Gasteiger partial charge in [0, 0.05) is 27.9 Å². The first-order valence-electron chi connectivity index (χ1n) is 8.49. The van der Waals surface area contributed by atoms with Crippen LogP contribution in [0, 0.1) is 0 Å². The second kappa shape index (κ2) is 8.30. The maximum Gasteiger partial charge on any atom is 1.00 e. The summed E-state index contributed by atoms with van der Waals surface area (Å²) in [4.78, 5) is 24.6. The molecule has 0 saturated heterocycles. The molecule has 0 radical (unpaired) electrons. The minimum atomic E-state index is -4.66. The molecule has 0 spiro atoms. The summed E-state index contributed by atoms with van der Waals surface area (Å²) in [6, 6.07) is 14.1. The number of benzene rings is 3. The minimum Gasteiger partial charge on any atom is -0.744 e. The zero-order valence-electron chi connectivity index (χ0n) is 16.0. The van der Waals surface area contributed by atoms with E-state index in [0.717, 1.165) is 30.3 Å². The summed E-state index contributed by atoms with van der Waals surface area (Å²) in [5.74, 6) is -0.825. The number of hydrogen-bond acceptors (Lipinski definition) is 7. The zero-order valence-corrected chi connectivity index (χ0v) is 19.7. The number of carbonyl (C=O) groups is 2. The Labute approximate surface area is 200 Å². The fourth-order valence-electron chi connectivity index (χ4n) is 3.15. The molecule has 1 aliphatic rings. The van der Waals surface area contributed by atoms with E-state index in [-0.39, 0.29) is 68.2 Å². The SMILES string of the molecule is O=C1c2ccccc2C(=O)c2cc(S(=O)(=O)Nc3ccc(S(=O)(=O)[O-])cc3)ccc21.[Na+]. The maximum atomic E-state index is 12.8. The summed E-state index contributed by atoms with van der Waals surface area (Å²) in [6.07, 6.45) is 0. The smallest absolute Gasteiger partial charge is 0.744 e. The first-order valence-corrected chi connectivity index (χ1v) is 11.4. The van der Waals surface area contributed by atoms with Crippen molar-refractivity contribution in [1.82, 2.24) is 0 Å². The molecule has 0 unspecified atom stereocenters. The molecular weight excluding hydrogens is 453 g/mol. The average molecular weight is 465 g/mol. The van der Waals surface area contributed by atoms with Gasteiger partial charge in [-0.05, 0) is 42.5 Å². The third kappa shape index (κ3) is 4.36. The van der Waals surface area contributed by atoms with Gasteiger partial charge < -0.3 is 4.55 Å². The summed E-state index contributed by atoms with van der Waals surface area (Å²) in [5.41, 5.74) is 0.578. The molecule has 0 amide bonds. The minimum absolute atomic E-state index is 0. The first-order chi connectivity index (χ1) is 14.1. The predicted octanol–water partition coefficient (Wildman–Crippen LogP) is -0.829. The van der Waals surface area contributed by atoms with Gasteiger partial charge >= 0.3 is 29.6 Å². The number of ketones is 2. The summed E-state index contributed by atoms with van der Waals surface area (Å²) in [5, 5.41) is 0. The standard InChI is InChI=1S/C20H13NO7S2.Na/c22-19-15-3-1-2-4-16(15)20(23)18-11-14(9-10-17(18)19)29(24,25)21-12-5-7-13(8-6-12)30(26,27)28;/h1-11,21H,(H,26,27,28);/q;+1/p-1. The van der Waals surface area contributed by atoms with Gasteiger partial charge in [-0.15, -0.1) is 0 Å². The van der Waals surface area contributed by atoms with E-state index in [4.69, 9.17) is 0 Å². The van der Waals surface area contributed by atoms with Crippen LogP contribution in [0.1, 0.15) is 31.8 Å². The van der Waals surface area contributed by atoms with E-state index < -0.39 is 30.8 Å². The van der Waals surface area contributed by atoms with Crippen LogP contribution in [0.3, 0.4) is 0 Å². The fourth-order valence-corrected chi connectivity index (χ4v) is 4.70. The Balaban J connectivity index is 0.00000272. The third-order valence-corrected chi connectivity index (χ3v) is 6.83. The maximum absolute atomic E-state index is 12.8.